The normalized spacial score (nSPS) is 20.4. The van der Waals surface area contributed by atoms with Crippen LogP contribution in [0.15, 0.2) is 36.4 Å². The molecule has 0 saturated carbocycles. The summed E-state index contributed by atoms with van der Waals surface area (Å²) >= 11 is 0. The Labute approximate surface area is 181 Å². The number of unbranched alkanes of at least 4 members (excludes halogenated alkanes) is 4. The molecule has 26 heavy (non-hydrogen) atoms. The van der Waals surface area contributed by atoms with E-state index >= 15 is 0 Å². The first kappa shape index (κ1) is 23.6. The van der Waals surface area contributed by atoms with Crippen LogP contribution in [0, 0.1) is 0 Å². The summed E-state index contributed by atoms with van der Waals surface area (Å²) in [6, 6.07) is 6.01. The zero-order valence-electron chi connectivity index (χ0n) is 16.7. The van der Waals surface area contributed by atoms with Crippen molar-refractivity contribution in [2.24, 2.45) is 0 Å². The molecule has 3 unspecified atom stereocenters. The Bertz CT molecular complexity index is 559. The summed E-state index contributed by atoms with van der Waals surface area (Å²) in [6.07, 6.45) is 17.1. The van der Waals surface area contributed by atoms with E-state index in [0.717, 1.165) is 24.2 Å². The molecule has 0 spiro atoms. The minimum absolute atomic E-state index is 0. The van der Waals surface area contributed by atoms with E-state index < -0.39 is 6.10 Å². The van der Waals surface area contributed by atoms with Crippen LogP contribution in [-0.2, 0) is 4.74 Å². The second-order valence-electron chi connectivity index (χ2n) is 6.85. The second kappa shape index (κ2) is 13.7. The Morgan fingerprint density at radius 3 is 2.73 bits per heavy atom. The van der Waals surface area contributed by atoms with Crippen molar-refractivity contribution in [3.05, 3.63) is 47.8 Å². The summed E-state index contributed by atoms with van der Waals surface area (Å²) in [4.78, 5) is 4.65. The van der Waals surface area contributed by atoms with Crippen molar-refractivity contribution in [3.8, 4) is 0 Å². The third kappa shape index (κ3) is 8.96. The van der Waals surface area contributed by atoms with Gasteiger partial charge in [0.15, 0.2) is 0 Å². The van der Waals surface area contributed by atoms with Crippen LogP contribution in [0.3, 0.4) is 0 Å². The van der Waals surface area contributed by atoms with Gasteiger partial charge in [-0.15, -0.1) is 0 Å². The van der Waals surface area contributed by atoms with Crippen LogP contribution in [0.4, 0.5) is 0 Å². The maximum atomic E-state index is 10.1. The zero-order chi connectivity index (χ0) is 17.9. The van der Waals surface area contributed by atoms with Gasteiger partial charge < -0.3 is 9.84 Å². The minimum Gasteiger partial charge on any atom is -0.389 e. The molecule has 1 aromatic heterocycles. The summed E-state index contributed by atoms with van der Waals surface area (Å²) in [5, 5.41) is 10.1. The number of ether oxygens (including phenoxy) is 1. The van der Waals surface area contributed by atoms with Crippen LogP contribution < -0.4 is 0 Å². The predicted octanol–water partition coefficient (Wildman–Crippen LogP) is 5.23. The summed E-state index contributed by atoms with van der Waals surface area (Å²) in [5.41, 5.74) is 1.89. The molecule has 0 aliphatic carbocycles. The molecule has 0 amide bonds. The van der Waals surface area contributed by atoms with Crippen LogP contribution >= 0.6 is 0 Å². The standard InChI is InChI=1S/C22H33NO2.Na/c1-3-5-7-8-9-10-13-19(24)17-16-18-12-11-14-20(23-18)22-21(25-22)15-6-4-2;/h9-12,14,16-17,19,21-22,24H,3-8,13,15H2,1-2H3;. The average Bonchev–Trinajstić information content (AvgIpc) is 3.41. The molecule has 1 saturated heterocycles. The van der Waals surface area contributed by atoms with Gasteiger partial charge in [0.05, 0.1) is 23.6 Å². The van der Waals surface area contributed by atoms with E-state index in [1.807, 2.05) is 30.4 Å². The fourth-order valence-electron chi connectivity index (χ4n) is 2.90. The summed E-state index contributed by atoms with van der Waals surface area (Å²) in [6.45, 7) is 4.41. The van der Waals surface area contributed by atoms with Gasteiger partial charge in [0.1, 0.15) is 6.10 Å². The van der Waals surface area contributed by atoms with E-state index in [1.165, 1.54) is 32.1 Å². The molecule has 0 aromatic carbocycles. The number of aliphatic hydroxyl groups is 1. The fraction of sp³-hybridized carbons (Fsp3) is 0.591. The number of aliphatic hydroxyl groups excluding tert-OH is 1. The van der Waals surface area contributed by atoms with E-state index in [4.69, 9.17) is 4.74 Å². The first-order valence-electron chi connectivity index (χ1n) is 9.88. The Balaban J connectivity index is 0.00000338. The number of hydrogen-bond acceptors (Lipinski definition) is 3. The number of nitrogens with zero attached hydrogens (tertiary/aromatic N) is 1. The van der Waals surface area contributed by atoms with Gasteiger partial charge in [-0.2, -0.15) is 0 Å². The number of pyridine rings is 1. The quantitative estimate of drug-likeness (QED) is 0.238. The van der Waals surface area contributed by atoms with Crippen molar-refractivity contribution in [2.45, 2.75) is 83.5 Å². The Kier molecular flexibility index (Phi) is 12.4. The van der Waals surface area contributed by atoms with Gasteiger partial charge in [0.2, 0.25) is 0 Å². The molecule has 2 rings (SSSR count). The van der Waals surface area contributed by atoms with E-state index in [1.54, 1.807) is 0 Å². The molecule has 2 heterocycles. The van der Waals surface area contributed by atoms with Crippen molar-refractivity contribution < 1.29 is 9.84 Å². The van der Waals surface area contributed by atoms with Crippen LogP contribution in [0.5, 0.6) is 0 Å². The maximum Gasteiger partial charge on any atom is 0.126 e. The van der Waals surface area contributed by atoms with Gasteiger partial charge in [-0.1, -0.05) is 63.8 Å². The average molecular weight is 367 g/mol. The van der Waals surface area contributed by atoms with E-state index in [0.29, 0.717) is 12.5 Å². The van der Waals surface area contributed by atoms with Crippen LogP contribution in [-0.4, -0.2) is 51.9 Å². The molecule has 1 aliphatic heterocycles. The fourth-order valence-corrected chi connectivity index (χ4v) is 2.90. The van der Waals surface area contributed by atoms with Crippen molar-refractivity contribution in [1.29, 1.82) is 0 Å². The van der Waals surface area contributed by atoms with Gasteiger partial charge in [-0.3, -0.25) is 4.98 Å². The molecular formula is C22H33NNaO2. The van der Waals surface area contributed by atoms with E-state index in [-0.39, 0.29) is 35.7 Å². The molecular weight excluding hydrogens is 333 g/mol. The number of aromatic nitrogens is 1. The SMILES string of the molecule is CCCCCC=CCC(O)C=Cc1cccc(C2OC2CCCC)n1.[Na]. The molecule has 3 atom stereocenters. The smallest absolute Gasteiger partial charge is 0.126 e. The van der Waals surface area contributed by atoms with Crippen LogP contribution in [0.1, 0.15) is 82.7 Å². The molecule has 1 radical (unpaired) electrons. The minimum atomic E-state index is -0.456. The van der Waals surface area contributed by atoms with E-state index in [9.17, 15) is 5.11 Å². The molecule has 3 nitrogen and oxygen atoms in total. The Morgan fingerprint density at radius 1 is 1.15 bits per heavy atom. The molecule has 4 heteroatoms. The first-order valence-corrected chi connectivity index (χ1v) is 9.88. The van der Waals surface area contributed by atoms with Crippen molar-refractivity contribution in [3.63, 3.8) is 0 Å². The Hall–Kier alpha value is -0.450. The molecule has 1 aliphatic rings. The number of allylic oxidation sites excluding steroid dienone is 1. The van der Waals surface area contributed by atoms with Crippen LogP contribution in [0.25, 0.3) is 6.08 Å². The predicted molar refractivity (Wildman–Crippen MR) is 110 cm³/mol. The summed E-state index contributed by atoms with van der Waals surface area (Å²) in [7, 11) is 0. The zero-order valence-corrected chi connectivity index (χ0v) is 18.7. The Morgan fingerprint density at radius 2 is 1.96 bits per heavy atom. The van der Waals surface area contributed by atoms with Gasteiger partial charge >= 0.3 is 0 Å². The number of rotatable bonds is 12. The first-order chi connectivity index (χ1) is 12.2. The van der Waals surface area contributed by atoms with Crippen molar-refractivity contribution in [1.82, 2.24) is 4.98 Å². The number of hydrogen-bond donors (Lipinski definition) is 1. The number of epoxide rings is 1. The third-order valence-electron chi connectivity index (χ3n) is 4.52. The maximum absolute atomic E-state index is 10.1. The molecule has 0 bridgehead atoms. The van der Waals surface area contributed by atoms with Gasteiger partial charge in [-0.05, 0) is 43.9 Å². The largest absolute Gasteiger partial charge is 0.389 e. The molecule has 1 aromatic rings. The van der Waals surface area contributed by atoms with Crippen LogP contribution in [0.2, 0.25) is 0 Å². The van der Waals surface area contributed by atoms with Gasteiger partial charge in [-0.25, -0.2) is 0 Å². The molecule has 1 N–H and O–H groups in total. The summed E-state index contributed by atoms with van der Waals surface area (Å²) < 4.78 is 5.73. The third-order valence-corrected chi connectivity index (χ3v) is 4.52. The topological polar surface area (TPSA) is 45.6 Å². The van der Waals surface area contributed by atoms with Gasteiger partial charge in [0.25, 0.3) is 0 Å². The molecule has 139 valence electrons. The van der Waals surface area contributed by atoms with Crippen molar-refractivity contribution >= 4 is 35.6 Å². The monoisotopic (exact) mass is 366 g/mol. The van der Waals surface area contributed by atoms with Crippen molar-refractivity contribution in [2.75, 3.05) is 0 Å². The van der Waals surface area contributed by atoms with E-state index in [2.05, 4.69) is 31.0 Å². The second-order valence-corrected chi connectivity index (χ2v) is 6.85. The summed E-state index contributed by atoms with van der Waals surface area (Å²) in [5.74, 6) is 0. The molecule has 1 fully saturated rings. The van der Waals surface area contributed by atoms with Gasteiger partial charge in [0, 0.05) is 29.6 Å².